The van der Waals surface area contributed by atoms with Crippen LogP contribution in [0.4, 0.5) is 18.9 Å². The molecule has 1 aliphatic heterocycles. The summed E-state index contributed by atoms with van der Waals surface area (Å²) in [6, 6.07) is 14.1. The van der Waals surface area contributed by atoms with E-state index in [4.69, 9.17) is 4.74 Å². The highest BCUT2D eigenvalue weighted by Crippen LogP contribution is 2.23. The molecule has 0 unspecified atom stereocenters. The van der Waals surface area contributed by atoms with Gasteiger partial charge in [-0.05, 0) is 85.6 Å². The highest BCUT2D eigenvalue weighted by molar-refractivity contribution is 6.04. The third-order valence-corrected chi connectivity index (χ3v) is 7.59. The molecular weight excluding hydrogens is 585 g/mol. The summed E-state index contributed by atoms with van der Waals surface area (Å²) in [4.78, 5) is 36.9. The lowest BCUT2D eigenvalue weighted by Crippen LogP contribution is -2.25. The number of nitrogens with one attached hydrogen (secondary N) is 2. The van der Waals surface area contributed by atoms with Crippen molar-refractivity contribution in [1.82, 2.24) is 24.6 Å². The van der Waals surface area contributed by atoms with Crippen molar-refractivity contribution in [3.05, 3.63) is 114 Å². The molecular formula is C33H29F3N6O3. The molecule has 0 spiro atoms. The van der Waals surface area contributed by atoms with Crippen molar-refractivity contribution in [2.24, 2.45) is 0 Å². The molecule has 1 saturated heterocycles. The second-order valence-corrected chi connectivity index (χ2v) is 10.6. The minimum Gasteiger partial charge on any atom is -0.476 e. The Balaban J connectivity index is 1.09. The monoisotopic (exact) mass is 614 g/mol. The number of carbonyl (C=O) groups is 2. The fourth-order valence-corrected chi connectivity index (χ4v) is 5.13. The number of nitrogens with zero attached hydrogens (tertiary/aromatic N) is 4. The number of fused-ring (bicyclic) bond motifs is 1. The normalized spacial score (nSPS) is 13.2. The fourth-order valence-electron chi connectivity index (χ4n) is 5.13. The fraction of sp³-hybridized carbons (Fsp3) is 0.212. The first-order valence-electron chi connectivity index (χ1n) is 14.5. The molecule has 0 bridgehead atoms. The predicted octanol–water partition coefficient (Wildman–Crippen LogP) is 5.47. The summed E-state index contributed by atoms with van der Waals surface area (Å²) in [5, 5.41) is 5.07. The third-order valence-electron chi connectivity index (χ3n) is 7.59. The first-order valence-corrected chi connectivity index (χ1v) is 14.5. The molecule has 0 aliphatic carbocycles. The number of amides is 2. The van der Waals surface area contributed by atoms with E-state index in [0.717, 1.165) is 49.0 Å². The summed E-state index contributed by atoms with van der Waals surface area (Å²) in [6.45, 7) is 3.61. The summed E-state index contributed by atoms with van der Waals surface area (Å²) in [5.74, 6) is -3.44. The topological polar surface area (TPSA) is 101 Å². The summed E-state index contributed by atoms with van der Waals surface area (Å²) in [5.41, 5.74) is 2.54. The molecule has 6 rings (SSSR count). The van der Waals surface area contributed by atoms with Gasteiger partial charge in [0.25, 0.3) is 11.8 Å². The van der Waals surface area contributed by atoms with Crippen LogP contribution in [-0.2, 0) is 6.54 Å². The van der Waals surface area contributed by atoms with Gasteiger partial charge in [0.1, 0.15) is 23.8 Å². The molecule has 5 aromatic rings. The molecule has 0 radical (unpaired) electrons. The predicted molar refractivity (Wildman–Crippen MR) is 161 cm³/mol. The first kappa shape index (κ1) is 29.8. The van der Waals surface area contributed by atoms with E-state index >= 15 is 0 Å². The van der Waals surface area contributed by atoms with Gasteiger partial charge in [-0.25, -0.2) is 23.1 Å². The van der Waals surface area contributed by atoms with Crippen LogP contribution in [0.25, 0.3) is 16.8 Å². The van der Waals surface area contributed by atoms with Gasteiger partial charge in [0.05, 0.1) is 11.9 Å². The van der Waals surface area contributed by atoms with Crippen LogP contribution in [0.1, 0.15) is 39.3 Å². The maximum atomic E-state index is 14.6. The average Bonchev–Trinajstić information content (AvgIpc) is 3.73. The largest absolute Gasteiger partial charge is 0.476 e. The van der Waals surface area contributed by atoms with Gasteiger partial charge >= 0.3 is 0 Å². The average molecular weight is 615 g/mol. The van der Waals surface area contributed by atoms with Crippen molar-refractivity contribution in [1.29, 1.82) is 0 Å². The zero-order valence-corrected chi connectivity index (χ0v) is 24.1. The molecule has 2 aromatic carbocycles. The third kappa shape index (κ3) is 6.96. The van der Waals surface area contributed by atoms with Crippen LogP contribution in [0.5, 0.6) is 5.88 Å². The number of pyridine rings is 2. The molecule has 4 heterocycles. The van der Waals surface area contributed by atoms with Crippen molar-refractivity contribution >= 4 is 23.1 Å². The van der Waals surface area contributed by atoms with E-state index in [2.05, 4.69) is 25.5 Å². The number of anilines is 1. The number of imidazole rings is 1. The minimum atomic E-state index is -1.03. The van der Waals surface area contributed by atoms with Crippen LogP contribution in [0.2, 0.25) is 0 Å². The standard InChI is InChI=1S/C33H29F3N6O3/c34-25-6-3-21(15-27(25)36)18-39-32(43)23-4-7-26(35)28(16-23)40-33(44)29-20-37-30-17-22(9-12-42(29)30)24-5-8-31(38-19-24)45-14-13-41-10-1-2-11-41/h3-9,12,15-17,19-20H,1-2,10-11,13-14,18H2,(H,39,43)(H,40,44). The number of halogens is 3. The SMILES string of the molecule is O=C(NCc1ccc(F)c(F)c1)c1ccc(F)c(NC(=O)c2cnc3cc(-c4ccc(OCCN5CCCC5)nc4)ccn23)c1. The lowest BCUT2D eigenvalue weighted by atomic mass is 10.1. The van der Waals surface area contributed by atoms with Gasteiger partial charge in [-0.2, -0.15) is 0 Å². The van der Waals surface area contributed by atoms with Crippen molar-refractivity contribution < 1.29 is 27.5 Å². The maximum Gasteiger partial charge on any atom is 0.274 e. The van der Waals surface area contributed by atoms with E-state index < -0.39 is 29.3 Å². The molecule has 9 nitrogen and oxygen atoms in total. The van der Waals surface area contributed by atoms with E-state index in [1.807, 2.05) is 18.2 Å². The van der Waals surface area contributed by atoms with Gasteiger partial charge in [-0.15, -0.1) is 0 Å². The molecule has 45 heavy (non-hydrogen) atoms. The summed E-state index contributed by atoms with van der Waals surface area (Å²) in [7, 11) is 0. The Morgan fingerprint density at radius 3 is 2.42 bits per heavy atom. The lowest BCUT2D eigenvalue weighted by Gasteiger charge is -2.14. The number of likely N-dealkylation sites (tertiary alicyclic amines) is 1. The van der Waals surface area contributed by atoms with E-state index in [0.29, 0.717) is 23.7 Å². The number of hydrogen-bond acceptors (Lipinski definition) is 6. The highest BCUT2D eigenvalue weighted by atomic mass is 19.2. The van der Waals surface area contributed by atoms with Gasteiger partial charge in [-0.3, -0.25) is 18.9 Å². The Morgan fingerprint density at radius 1 is 0.822 bits per heavy atom. The number of aromatic nitrogens is 3. The van der Waals surface area contributed by atoms with Crippen LogP contribution in [0, 0.1) is 17.5 Å². The lowest BCUT2D eigenvalue weighted by molar-refractivity contribution is 0.0949. The second kappa shape index (κ2) is 13.2. The molecule has 1 fully saturated rings. The van der Waals surface area contributed by atoms with Crippen LogP contribution in [0.15, 0.2) is 79.3 Å². The smallest absolute Gasteiger partial charge is 0.274 e. The molecule has 2 amide bonds. The Morgan fingerprint density at radius 2 is 1.64 bits per heavy atom. The van der Waals surface area contributed by atoms with E-state index in [-0.39, 0.29) is 23.5 Å². The maximum absolute atomic E-state index is 14.6. The van der Waals surface area contributed by atoms with Crippen molar-refractivity contribution in [2.45, 2.75) is 19.4 Å². The number of hydrogen-bond donors (Lipinski definition) is 2. The minimum absolute atomic E-state index is 0.0636. The van der Waals surface area contributed by atoms with E-state index in [1.165, 1.54) is 37.2 Å². The van der Waals surface area contributed by atoms with Gasteiger partial charge in [0.2, 0.25) is 5.88 Å². The molecule has 0 atom stereocenters. The number of carbonyl (C=O) groups excluding carboxylic acids is 2. The van der Waals surface area contributed by atoms with Gasteiger partial charge in [-0.1, -0.05) is 6.07 Å². The highest BCUT2D eigenvalue weighted by Gasteiger charge is 2.17. The van der Waals surface area contributed by atoms with Crippen LogP contribution < -0.4 is 15.4 Å². The Bertz CT molecular complexity index is 1860. The number of ether oxygens (including phenoxy) is 1. The van der Waals surface area contributed by atoms with Gasteiger partial charge < -0.3 is 15.4 Å². The van der Waals surface area contributed by atoms with Crippen molar-refractivity contribution in [3.8, 4) is 17.0 Å². The molecule has 0 saturated carbocycles. The molecule has 12 heteroatoms. The molecule has 3 aromatic heterocycles. The summed E-state index contributed by atoms with van der Waals surface area (Å²) >= 11 is 0. The summed E-state index contributed by atoms with van der Waals surface area (Å²) in [6.07, 6.45) is 7.25. The van der Waals surface area contributed by atoms with Gasteiger partial charge in [0.15, 0.2) is 11.6 Å². The van der Waals surface area contributed by atoms with E-state index in [1.54, 1.807) is 22.9 Å². The number of rotatable bonds is 10. The van der Waals surface area contributed by atoms with Crippen molar-refractivity contribution in [3.63, 3.8) is 0 Å². The zero-order chi connectivity index (χ0) is 31.3. The number of benzene rings is 2. The molecule has 2 N–H and O–H groups in total. The van der Waals surface area contributed by atoms with Crippen molar-refractivity contribution in [2.75, 3.05) is 31.6 Å². The summed E-state index contributed by atoms with van der Waals surface area (Å²) < 4.78 is 48.6. The zero-order valence-electron chi connectivity index (χ0n) is 24.1. The Labute approximate surface area is 256 Å². The first-order chi connectivity index (χ1) is 21.8. The van der Waals surface area contributed by atoms with Gasteiger partial charge in [0, 0.05) is 42.7 Å². The van der Waals surface area contributed by atoms with Crippen LogP contribution in [0.3, 0.4) is 0 Å². The Hall–Kier alpha value is -5.23. The van der Waals surface area contributed by atoms with Crippen LogP contribution in [-0.4, -0.2) is 57.3 Å². The molecule has 1 aliphatic rings. The Kier molecular flexibility index (Phi) is 8.74. The van der Waals surface area contributed by atoms with E-state index in [9.17, 15) is 22.8 Å². The quantitative estimate of drug-likeness (QED) is 0.217. The molecule has 230 valence electrons. The van der Waals surface area contributed by atoms with Crippen LogP contribution >= 0.6 is 0 Å². The second-order valence-electron chi connectivity index (χ2n) is 10.6.